The Balaban J connectivity index is 2.74. The molecule has 1 aromatic rings. The first-order valence-corrected chi connectivity index (χ1v) is 4.87. The maximum Gasteiger partial charge on any atom is 0.335 e. The van der Waals surface area contributed by atoms with Gasteiger partial charge in [0.05, 0.1) is 5.56 Å². The molecule has 86 valence electrons. The maximum atomic E-state index is 13.3. The molecule has 0 saturated carbocycles. The number of benzene rings is 1. The van der Waals surface area contributed by atoms with Crippen LogP contribution in [0.15, 0.2) is 30.4 Å². The van der Waals surface area contributed by atoms with Crippen molar-refractivity contribution < 1.29 is 14.3 Å². The first-order valence-electron chi connectivity index (χ1n) is 4.87. The lowest BCUT2D eigenvalue weighted by molar-refractivity contribution is 0.0696. The average molecular weight is 223 g/mol. The summed E-state index contributed by atoms with van der Waals surface area (Å²) in [5, 5.41) is 11.7. The second-order valence-corrected chi connectivity index (χ2v) is 3.67. The van der Waals surface area contributed by atoms with Crippen molar-refractivity contribution in [2.45, 2.75) is 13.5 Å². The molecule has 1 rings (SSSR count). The molecule has 0 fully saturated rings. The van der Waals surface area contributed by atoms with E-state index in [1.54, 1.807) is 0 Å². The molecule has 3 nitrogen and oxygen atoms in total. The Morgan fingerprint density at radius 2 is 2.25 bits per heavy atom. The molecule has 0 aromatic heterocycles. The lowest BCUT2D eigenvalue weighted by atomic mass is 10.1. The lowest BCUT2D eigenvalue weighted by Crippen LogP contribution is -2.16. The Hall–Kier alpha value is -1.68. The third-order valence-corrected chi connectivity index (χ3v) is 2.03. The van der Waals surface area contributed by atoms with E-state index in [9.17, 15) is 9.18 Å². The zero-order chi connectivity index (χ0) is 12.1. The minimum atomic E-state index is -1.05. The number of halogens is 1. The van der Waals surface area contributed by atoms with Crippen molar-refractivity contribution in [1.82, 2.24) is 5.32 Å². The van der Waals surface area contributed by atoms with Gasteiger partial charge in [0.15, 0.2) is 0 Å². The maximum absolute atomic E-state index is 13.3. The molecule has 0 spiro atoms. The molecule has 0 aliphatic heterocycles. The fourth-order valence-corrected chi connectivity index (χ4v) is 1.25. The highest BCUT2D eigenvalue weighted by Gasteiger charge is 2.07. The third-order valence-electron chi connectivity index (χ3n) is 2.03. The summed E-state index contributed by atoms with van der Waals surface area (Å²) < 4.78 is 13.3. The Kier molecular flexibility index (Phi) is 4.19. The summed E-state index contributed by atoms with van der Waals surface area (Å²) in [6.07, 6.45) is 0. The first-order chi connectivity index (χ1) is 7.50. The fourth-order valence-electron chi connectivity index (χ4n) is 1.25. The van der Waals surface area contributed by atoms with Gasteiger partial charge in [-0.1, -0.05) is 12.2 Å². The number of rotatable bonds is 5. The van der Waals surface area contributed by atoms with Gasteiger partial charge in [-0.2, -0.15) is 0 Å². The Bertz CT molecular complexity index is 415. The lowest BCUT2D eigenvalue weighted by Gasteiger charge is -2.06. The summed E-state index contributed by atoms with van der Waals surface area (Å²) in [7, 11) is 0. The number of hydrogen-bond acceptors (Lipinski definition) is 2. The van der Waals surface area contributed by atoms with Crippen LogP contribution in [-0.2, 0) is 6.54 Å². The molecule has 0 radical (unpaired) electrons. The van der Waals surface area contributed by atoms with E-state index in [2.05, 4.69) is 11.9 Å². The van der Waals surface area contributed by atoms with Crippen LogP contribution in [-0.4, -0.2) is 17.6 Å². The molecule has 0 bridgehead atoms. The molecule has 0 heterocycles. The number of carboxylic acids is 1. The van der Waals surface area contributed by atoms with Crippen LogP contribution in [0.1, 0.15) is 22.8 Å². The van der Waals surface area contributed by atoms with Gasteiger partial charge in [0.2, 0.25) is 0 Å². The number of hydrogen-bond donors (Lipinski definition) is 2. The van der Waals surface area contributed by atoms with Gasteiger partial charge >= 0.3 is 5.97 Å². The largest absolute Gasteiger partial charge is 0.478 e. The molecule has 4 heteroatoms. The van der Waals surface area contributed by atoms with Crippen LogP contribution >= 0.6 is 0 Å². The van der Waals surface area contributed by atoms with E-state index in [1.807, 2.05) is 6.92 Å². The van der Waals surface area contributed by atoms with Crippen molar-refractivity contribution in [1.29, 1.82) is 0 Å². The van der Waals surface area contributed by atoms with E-state index in [-0.39, 0.29) is 5.56 Å². The molecule has 1 aromatic carbocycles. The van der Waals surface area contributed by atoms with E-state index < -0.39 is 11.8 Å². The average Bonchev–Trinajstić information content (AvgIpc) is 2.20. The third kappa shape index (κ3) is 3.47. The van der Waals surface area contributed by atoms with Crippen molar-refractivity contribution >= 4 is 5.97 Å². The van der Waals surface area contributed by atoms with E-state index in [4.69, 9.17) is 5.11 Å². The zero-order valence-electron chi connectivity index (χ0n) is 9.09. The normalized spacial score (nSPS) is 10.1. The van der Waals surface area contributed by atoms with Crippen LogP contribution in [0, 0.1) is 5.82 Å². The zero-order valence-corrected chi connectivity index (χ0v) is 9.09. The van der Waals surface area contributed by atoms with Crippen LogP contribution in [0.4, 0.5) is 4.39 Å². The van der Waals surface area contributed by atoms with Crippen molar-refractivity contribution in [3.8, 4) is 0 Å². The molecule has 2 N–H and O–H groups in total. The highest BCUT2D eigenvalue weighted by Crippen LogP contribution is 2.10. The summed E-state index contributed by atoms with van der Waals surface area (Å²) in [6.45, 7) is 6.43. The first kappa shape index (κ1) is 12.4. The molecule has 0 aliphatic carbocycles. The molecule has 0 aliphatic rings. The summed E-state index contributed by atoms with van der Waals surface area (Å²) in [5.74, 6) is -1.46. The molecule has 0 unspecified atom stereocenters. The monoisotopic (exact) mass is 223 g/mol. The number of carbonyl (C=O) groups is 1. The van der Waals surface area contributed by atoms with Crippen LogP contribution < -0.4 is 5.32 Å². The molecular formula is C12H14FNO2. The molecular weight excluding hydrogens is 209 g/mol. The Morgan fingerprint density at radius 1 is 1.56 bits per heavy atom. The van der Waals surface area contributed by atoms with Gasteiger partial charge in [0.25, 0.3) is 0 Å². The highest BCUT2D eigenvalue weighted by molar-refractivity contribution is 5.87. The highest BCUT2D eigenvalue weighted by atomic mass is 19.1. The van der Waals surface area contributed by atoms with Gasteiger partial charge < -0.3 is 10.4 Å². The topological polar surface area (TPSA) is 49.3 Å². The van der Waals surface area contributed by atoms with Gasteiger partial charge in [-0.3, -0.25) is 0 Å². The summed E-state index contributed by atoms with van der Waals surface area (Å²) in [4.78, 5) is 10.7. The van der Waals surface area contributed by atoms with E-state index in [1.165, 1.54) is 18.2 Å². The SMILES string of the molecule is C=C(C)CNCc1cc(C(=O)O)ccc1F. The van der Waals surface area contributed by atoms with Crippen LogP contribution in [0.2, 0.25) is 0 Å². The standard InChI is InChI=1S/C12H14FNO2/c1-8(2)6-14-7-10-5-9(12(15)16)3-4-11(10)13/h3-5,14H,1,6-7H2,2H3,(H,15,16). The van der Waals surface area contributed by atoms with Crippen molar-refractivity contribution in [3.63, 3.8) is 0 Å². The Labute approximate surface area is 93.6 Å². The van der Waals surface area contributed by atoms with E-state index in [0.717, 1.165) is 5.57 Å². The fraction of sp³-hybridized carbons (Fsp3) is 0.250. The van der Waals surface area contributed by atoms with Gasteiger partial charge in [0, 0.05) is 18.7 Å². The van der Waals surface area contributed by atoms with Gasteiger partial charge in [-0.25, -0.2) is 9.18 Å². The van der Waals surface area contributed by atoms with Gasteiger partial charge in [-0.15, -0.1) is 0 Å². The molecule has 0 atom stereocenters. The summed E-state index contributed by atoms with van der Waals surface area (Å²) in [6, 6.07) is 3.75. The van der Waals surface area contributed by atoms with Crippen LogP contribution in [0.25, 0.3) is 0 Å². The summed E-state index contributed by atoms with van der Waals surface area (Å²) in [5.41, 5.74) is 1.38. The molecule has 0 amide bonds. The van der Waals surface area contributed by atoms with Crippen molar-refractivity contribution in [2.75, 3.05) is 6.54 Å². The minimum absolute atomic E-state index is 0.0912. The molecule has 0 saturated heterocycles. The van der Waals surface area contributed by atoms with Gasteiger partial charge in [0.1, 0.15) is 5.82 Å². The second-order valence-electron chi connectivity index (χ2n) is 3.67. The van der Waals surface area contributed by atoms with Crippen molar-refractivity contribution in [3.05, 3.63) is 47.3 Å². The second kappa shape index (κ2) is 5.42. The van der Waals surface area contributed by atoms with Crippen LogP contribution in [0.3, 0.4) is 0 Å². The number of nitrogens with one attached hydrogen (secondary N) is 1. The van der Waals surface area contributed by atoms with E-state index >= 15 is 0 Å². The van der Waals surface area contributed by atoms with Crippen molar-refractivity contribution in [2.24, 2.45) is 0 Å². The predicted octanol–water partition coefficient (Wildman–Crippen LogP) is 2.19. The minimum Gasteiger partial charge on any atom is -0.478 e. The van der Waals surface area contributed by atoms with Gasteiger partial charge in [-0.05, 0) is 25.1 Å². The number of aromatic carboxylic acids is 1. The van der Waals surface area contributed by atoms with E-state index in [0.29, 0.717) is 18.7 Å². The predicted molar refractivity (Wildman–Crippen MR) is 59.9 cm³/mol. The quantitative estimate of drug-likeness (QED) is 0.752. The number of carboxylic acid groups (broad SMARTS) is 1. The smallest absolute Gasteiger partial charge is 0.335 e. The van der Waals surface area contributed by atoms with Crippen LogP contribution in [0.5, 0.6) is 0 Å². The summed E-state index contributed by atoms with van der Waals surface area (Å²) >= 11 is 0. The molecule has 16 heavy (non-hydrogen) atoms. The Morgan fingerprint density at radius 3 is 2.81 bits per heavy atom.